The quantitative estimate of drug-likeness (QED) is 0.695. The molecule has 0 unspecified atom stereocenters. The lowest BCUT2D eigenvalue weighted by Gasteiger charge is -2.04. The fourth-order valence-corrected chi connectivity index (χ4v) is 1.86. The number of hydrogen-bond donors (Lipinski definition) is 1. The van der Waals surface area contributed by atoms with E-state index in [-0.39, 0.29) is 11.7 Å². The Morgan fingerprint density at radius 1 is 1.06 bits per heavy atom. The summed E-state index contributed by atoms with van der Waals surface area (Å²) in [5.41, 5.74) is 1.09. The lowest BCUT2D eigenvalue weighted by molar-refractivity contribution is 0.446. The molecule has 0 aliphatic heterocycles. The van der Waals surface area contributed by atoms with Crippen LogP contribution in [0.1, 0.15) is 0 Å². The first-order valence-electron chi connectivity index (χ1n) is 5.18. The summed E-state index contributed by atoms with van der Waals surface area (Å²) in [5.74, 6) is 0.0812. The van der Waals surface area contributed by atoms with Gasteiger partial charge in [0.1, 0.15) is 11.6 Å². The van der Waals surface area contributed by atoms with E-state index in [9.17, 15) is 9.50 Å². The molecule has 1 aromatic carbocycles. The third kappa shape index (κ3) is 1.45. The number of nitrogens with zero attached hydrogens (tertiary/aromatic N) is 2. The molecular formula is C13H9FN2O. The van der Waals surface area contributed by atoms with E-state index in [4.69, 9.17) is 0 Å². The number of fused-ring (bicyclic) bond motifs is 1. The average Bonchev–Trinajstić information content (AvgIpc) is 2.75. The molecule has 0 fully saturated rings. The van der Waals surface area contributed by atoms with Crippen LogP contribution in [-0.2, 0) is 0 Å². The monoisotopic (exact) mass is 228 g/mol. The highest BCUT2D eigenvalue weighted by Gasteiger charge is 2.12. The predicted molar refractivity (Wildman–Crippen MR) is 62.3 cm³/mol. The Morgan fingerprint density at radius 2 is 1.88 bits per heavy atom. The van der Waals surface area contributed by atoms with E-state index in [1.165, 1.54) is 10.5 Å². The molecule has 0 amide bonds. The van der Waals surface area contributed by atoms with Crippen molar-refractivity contribution < 1.29 is 9.50 Å². The van der Waals surface area contributed by atoms with Crippen molar-refractivity contribution in [2.45, 2.75) is 0 Å². The molecule has 1 N–H and O–H groups in total. The summed E-state index contributed by atoms with van der Waals surface area (Å²) in [5, 5.41) is 9.79. The van der Waals surface area contributed by atoms with Crippen molar-refractivity contribution in [3.63, 3.8) is 0 Å². The summed E-state index contributed by atoms with van der Waals surface area (Å²) in [7, 11) is 0. The smallest absolute Gasteiger partial charge is 0.197 e. The van der Waals surface area contributed by atoms with Crippen molar-refractivity contribution in [2.24, 2.45) is 0 Å². The summed E-state index contributed by atoms with van der Waals surface area (Å²) in [6.45, 7) is 0. The Balaban J connectivity index is 2.36. The number of halogens is 1. The van der Waals surface area contributed by atoms with Crippen molar-refractivity contribution >= 4 is 5.52 Å². The molecule has 0 aliphatic rings. The van der Waals surface area contributed by atoms with Crippen LogP contribution in [0.15, 0.2) is 48.7 Å². The molecular weight excluding hydrogens is 219 g/mol. The van der Waals surface area contributed by atoms with Crippen molar-refractivity contribution in [3.8, 4) is 17.3 Å². The normalized spacial score (nSPS) is 10.9. The fraction of sp³-hybridized carbons (Fsp3) is 0. The molecule has 2 heterocycles. The number of pyridine rings is 1. The average molecular weight is 228 g/mol. The Kier molecular flexibility index (Phi) is 2.08. The number of imidazole rings is 1. The molecule has 0 saturated heterocycles. The van der Waals surface area contributed by atoms with Gasteiger partial charge < -0.3 is 5.11 Å². The molecule has 0 aliphatic carbocycles. The Labute approximate surface area is 96.8 Å². The van der Waals surface area contributed by atoms with Crippen molar-refractivity contribution in [1.82, 2.24) is 9.38 Å². The lowest BCUT2D eigenvalue weighted by Crippen LogP contribution is -1.92. The molecule has 0 atom stereocenters. The van der Waals surface area contributed by atoms with Crippen LogP contribution in [0, 0.1) is 5.82 Å². The van der Waals surface area contributed by atoms with Gasteiger partial charge >= 0.3 is 0 Å². The summed E-state index contributed by atoms with van der Waals surface area (Å²) in [6, 6.07) is 11.4. The molecule has 3 nitrogen and oxygen atoms in total. The van der Waals surface area contributed by atoms with Crippen LogP contribution >= 0.6 is 0 Å². The highest BCUT2D eigenvalue weighted by Crippen LogP contribution is 2.25. The molecule has 0 spiro atoms. The number of aromatic hydroxyl groups is 1. The van der Waals surface area contributed by atoms with Crippen LogP contribution in [0.25, 0.3) is 16.9 Å². The molecule has 3 rings (SSSR count). The molecule has 17 heavy (non-hydrogen) atoms. The van der Waals surface area contributed by atoms with Gasteiger partial charge in [-0.25, -0.2) is 9.37 Å². The van der Waals surface area contributed by atoms with Gasteiger partial charge in [0.2, 0.25) is 0 Å². The molecule has 0 bridgehead atoms. The van der Waals surface area contributed by atoms with Gasteiger partial charge in [-0.3, -0.25) is 4.40 Å². The van der Waals surface area contributed by atoms with Crippen LogP contribution in [-0.4, -0.2) is 14.5 Å². The predicted octanol–water partition coefficient (Wildman–Crippen LogP) is 2.85. The zero-order chi connectivity index (χ0) is 11.8. The van der Waals surface area contributed by atoms with Crippen molar-refractivity contribution in [3.05, 3.63) is 54.5 Å². The fourth-order valence-electron chi connectivity index (χ4n) is 1.86. The van der Waals surface area contributed by atoms with E-state index in [0.29, 0.717) is 11.4 Å². The molecule has 0 saturated carbocycles. The molecule has 2 aromatic heterocycles. The second-order valence-electron chi connectivity index (χ2n) is 3.71. The third-order valence-corrected chi connectivity index (χ3v) is 2.65. The number of benzene rings is 1. The van der Waals surface area contributed by atoms with Crippen LogP contribution in [0.4, 0.5) is 4.39 Å². The highest BCUT2D eigenvalue weighted by atomic mass is 19.1. The highest BCUT2D eigenvalue weighted by molar-refractivity contribution is 5.64. The van der Waals surface area contributed by atoms with Gasteiger partial charge in [-0.1, -0.05) is 18.2 Å². The third-order valence-electron chi connectivity index (χ3n) is 2.65. The van der Waals surface area contributed by atoms with E-state index >= 15 is 0 Å². The Morgan fingerprint density at radius 3 is 2.71 bits per heavy atom. The van der Waals surface area contributed by atoms with Gasteiger partial charge in [0.25, 0.3) is 0 Å². The van der Waals surface area contributed by atoms with E-state index in [0.717, 1.165) is 5.52 Å². The molecule has 0 radical (unpaired) electrons. The maximum Gasteiger partial charge on any atom is 0.197 e. The number of rotatable bonds is 1. The maximum absolute atomic E-state index is 13.7. The zero-order valence-electron chi connectivity index (χ0n) is 8.84. The minimum atomic E-state index is -0.358. The summed E-state index contributed by atoms with van der Waals surface area (Å²) in [4.78, 5) is 4.15. The first kappa shape index (κ1) is 9.84. The van der Waals surface area contributed by atoms with E-state index in [2.05, 4.69) is 4.98 Å². The minimum absolute atomic E-state index is 0.0400. The van der Waals surface area contributed by atoms with Gasteiger partial charge in [-0.2, -0.15) is 0 Å². The van der Waals surface area contributed by atoms with Crippen molar-refractivity contribution in [2.75, 3.05) is 0 Å². The van der Waals surface area contributed by atoms with Crippen LogP contribution in [0.3, 0.4) is 0 Å². The van der Waals surface area contributed by atoms with Crippen LogP contribution < -0.4 is 0 Å². The largest absolute Gasteiger partial charge is 0.494 e. The van der Waals surface area contributed by atoms with Crippen molar-refractivity contribution in [1.29, 1.82) is 0 Å². The van der Waals surface area contributed by atoms with Gasteiger partial charge in [-0.05, 0) is 24.3 Å². The lowest BCUT2D eigenvalue weighted by atomic mass is 10.2. The number of aromatic nitrogens is 2. The molecule has 84 valence electrons. The first-order valence-corrected chi connectivity index (χ1v) is 5.18. The first-order chi connectivity index (χ1) is 8.27. The summed E-state index contributed by atoms with van der Waals surface area (Å²) >= 11 is 0. The second-order valence-corrected chi connectivity index (χ2v) is 3.71. The van der Waals surface area contributed by atoms with Gasteiger partial charge in [-0.15, -0.1) is 0 Å². The van der Waals surface area contributed by atoms with Crippen LogP contribution in [0.5, 0.6) is 5.88 Å². The minimum Gasteiger partial charge on any atom is -0.494 e. The number of hydrogen-bond acceptors (Lipinski definition) is 2. The SMILES string of the molecule is Oc1cccc2cnc(-c3ccccc3F)n12. The van der Waals surface area contributed by atoms with Gasteiger partial charge in [0.15, 0.2) is 5.88 Å². The van der Waals surface area contributed by atoms with E-state index in [1.54, 1.807) is 42.6 Å². The summed E-state index contributed by atoms with van der Waals surface area (Å²) < 4.78 is 15.2. The Bertz CT molecular complexity index is 691. The second kappa shape index (κ2) is 3.59. The maximum atomic E-state index is 13.7. The molecule has 3 aromatic rings. The van der Waals surface area contributed by atoms with Crippen LogP contribution in [0.2, 0.25) is 0 Å². The van der Waals surface area contributed by atoms with E-state index < -0.39 is 0 Å². The van der Waals surface area contributed by atoms with Gasteiger partial charge in [0.05, 0.1) is 17.3 Å². The summed E-state index contributed by atoms with van der Waals surface area (Å²) in [6.07, 6.45) is 1.60. The van der Waals surface area contributed by atoms with E-state index in [1.807, 2.05) is 0 Å². The molecule has 4 heteroatoms. The zero-order valence-corrected chi connectivity index (χ0v) is 8.84. The van der Waals surface area contributed by atoms with Gasteiger partial charge in [0, 0.05) is 0 Å². The Hall–Kier alpha value is -2.36. The standard InChI is InChI=1S/C13H9FN2O/c14-11-6-2-1-5-10(11)13-15-8-9-4-3-7-12(17)16(9)13/h1-8,17H. The topological polar surface area (TPSA) is 37.5 Å².